The number of benzene rings is 3. The molecule has 0 saturated heterocycles. The molecule has 1 aliphatic heterocycles. The molecule has 0 bridgehead atoms. The first-order valence-corrected chi connectivity index (χ1v) is 12.2. The second-order valence-electron chi connectivity index (χ2n) is 7.86. The number of methoxy groups -OCH3 is 1. The van der Waals surface area contributed by atoms with Gasteiger partial charge in [0.2, 0.25) is 16.8 Å². The van der Waals surface area contributed by atoms with Crippen molar-refractivity contribution < 1.29 is 27.4 Å². The summed E-state index contributed by atoms with van der Waals surface area (Å²) in [5.74, 6) is 1.63. The molecule has 9 heteroatoms. The van der Waals surface area contributed by atoms with E-state index in [1.807, 2.05) is 25.1 Å². The Balaban J connectivity index is 1.37. The molecule has 0 unspecified atom stereocenters. The van der Waals surface area contributed by atoms with Gasteiger partial charge in [-0.05, 0) is 60.9 Å². The number of rotatable bonds is 9. The molecule has 34 heavy (non-hydrogen) atoms. The molecular formula is C25H26N2O6S. The number of aryl methyl sites for hydroxylation is 1. The van der Waals surface area contributed by atoms with Crippen LogP contribution in [0.3, 0.4) is 0 Å². The second-order valence-corrected chi connectivity index (χ2v) is 9.63. The van der Waals surface area contributed by atoms with Crippen LogP contribution in [0.5, 0.6) is 17.2 Å². The van der Waals surface area contributed by atoms with Crippen LogP contribution >= 0.6 is 0 Å². The number of ether oxygens (including phenoxy) is 3. The van der Waals surface area contributed by atoms with Crippen LogP contribution in [-0.2, 0) is 23.0 Å². The van der Waals surface area contributed by atoms with Crippen molar-refractivity contribution in [1.82, 2.24) is 10.0 Å². The van der Waals surface area contributed by atoms with Crippen LogP contribution in [0.25, 0.3) is 0 Å². The van der Waals surface area contributed by atoms with Gasteiger partial charge in [0, 0.05) is 18.7 Å². The monoisotopic (exact) mass is 482 g/mol. The van der Waals surface area contributed by atoms with Crippen molar-refractivity contribution in [3.8, 4) is 17.2 Å². The molecule has 178 valence electrons. The van der Waals surface area contributed by atoms with Crippen LogP contribution in [0.15, 0.2) is 65.6 Å². The van der Waals surface area contributed by atoms with Gasteiger partial charge in [0.25, 0.3) is 5.91 Å². The largest absolute Gasteiger partial charge is 0.496 e. The summed E-state index contributed by atoms with van der Waals surface area (Å²) in [6.07, 6.45) is 0.589. The number of nitrogens with one attached hydrogen (secondary N) is 2. The molecule has 2 N–H and O–H groups in total. The summed E-state index contributed by atoms with van der Waals surface area (Å²) >= 11 is 0. The highest BCUT2D eigenvalue weighted by Gasteiger charge is 2.18. The lowest BCUT2D eigenvalue weighted by molar-refractivity contribution is 0.0954. The molecule has 1 aliphatic rings. The highest BCUT2D eigenvalue weighted by molar-refractivity contribution is 7.89. The van der Waals surface area contributed by atoms with E-state index >= 15 is 0 Å². The van der Waals surface area contributed by atoms with Crippen molar-refractivity contribution in [2.24, 2.45) is 0 Å². The Hall–Kier alpha value is -3.56. The van der Waals surface area contributed by atoms with Crippen molar-refractivity contribution in [3.63, 3.8) is 0 Å². The minimum Gasteiger partial charge on any atom is -0.496 e. The zero-order valence-corrected chi connectivity index (χ0v) is 19.8. The van der Waals surface area contributed by atoms with Crippen molar-refractivity contribution in [2.45, 2.75) is 24.8 Å². The molecule has 3 aromatic carbocycles. The fourth-order valence-electron chi connectivity index (χ4n) is 3.63. The van der Waals surface area contributed by atoms with E-state index in [1.54, 1.807) is 37.4 Å². The Kier molecular flexibility index (Phi) is 7.04. The first-order chi connectivity index (χ1) is 16.4. The summed E-state index contributed by atoms with van der Waals surface area (Å²) in [5, 5.41) is 2.84. The van der Waals surface area contributed by atoms with Crippen LogP contribution in [0.1, 0.15) is 27.0 Å². The third-order valence-electron chi connectivity index (χ3n) is 5.43. The summed E-state index contributed by atoms with van der Waals surface area (Å²) < 4.78 is 44.1. The van der Waals surface area contributed by atoms with Crippen LogP contribution < -0.4 is 24.2 Å². The maximum absolute atomic E-state index is 12.8. The van der Waals surface area contributed by atoms with E-state index in [2.05, 4.69) is 10.0 Å². The second kappa shape index (κ2) is 10.1. The lowest BCUT2D eigenvalue weighted by atomic mass is 10.1. The molecule has 0 fully saturated rings. The quantitative estimate of drug-likeness (QED) is 0.486. The number of hydrogen-bond acceptors (Lipinski definition) is 6. The summed E-state index contributed by atoms with van der Waals surface area (Å²) in [7, 11) is -2.21. The van der Waals surface area contributed by atoms with Gasteiger partial charge in [0.15, 0.2) is 11.5 Å². The van der Waals surface area contributed by atoms with Crippen molar-refractivity contribution >= 4 is 15.9 Å². The third kappa shape index (κ3) is 5.49. The lowest BCUT2D eigenvalue weighted by Crippen LogP contribution is -2.27. The molecule has 4 rings (SSSR count). The van der Waals surface area contributed by atoms with E-state index in [4.69, 9.17) is 14.2 Å². The van der Waals surface area contributed by atoms with Crippen molar-refractivity contribution in [1.29, 1.82) is 0 Å². The van der Waals surface area contributed by atoms with E-state index < -0.39 is 10.0 Å². The predicted octanol–water partition coefficient (Wildman–Crippen LogP) is 3.18. The Labute approximate surface area is 198 Å². The van der Waals surface area contributed by atoms with E-state index in [-0.39, 0.29) is 29.7 Å². The van der Waals surface area contributed by atoms with Gasteiger partial charge < -0.3 is 19.5 Å². The standard InChI is InChI=1S/C25H26N2O6S/c1-17-6-8-22(31-2)19(12-17)10-11-26-25(28)20-4-3-5-21(14-20)34(29,30)27-15-18-7-9-23-24(13-18)33-16-32-23/h3-9,12-14,27H,10-11,15-16H2,1-2H3,(H,26,28). The first kappa shape index (κ1) is 23.6. The normalized spacial score (nSPS) is 12.4. The number of hydrogen-bond donors (Lipinski definition) is 2. The van der Waals surface area contributed by atoms with Gasteiger partial charge >= 0.3 is 0 Å². The maximum atomic E-state index is 12.8. The molecule has 0 atom stereocenters. The Morgan fingerprint density at radius 3 is 2.68 bits per heavy atom. The smallest absolute Gasteiger partial charge is 0.251 e. The van der Waals surface area contributed by atoms with Crippen LogP contribution in [-0.4, -0.2) is 34.8 Å². The summed E-state index contributed by atoms with van der Waals surface area (Å²) in [6, 6.07) is 17.1. The van der Waals surface area contributed by atoms with Crippen LogP contribution in [0, 0.1) is 6.92 Å². The Bertz CT molecular complexity index is 1310. The number of carbonyl (C=O) groups is 1. The molecule has 0 aromatic heterocycles. The fourth-order valence-corrected chi connectivity index (χ4v) is 4.70. The van der Waals surface area contributed by atoms with Gasteiger partial charge in [-0.1, -0.05) is 29.8 Å². The first-order valence-electron chi connectivity index (χ1n) is 10.8. The molecule has 0 aliphatic carbocycles. The summed E-state index contributed by atoms with van der Waals surface area (Å²) in [4.78, 5) is 12.7. The number of amides is 1. The SMILES string of the molecule is COc1ccc(C)cc1CCNC(=O)c1cccc(S(=O)(=O)NCc2ccc3c(c2)OCO3)c1. The molecule has 1 heterocycles. The topological polar surface area (TPSA) is 103 Å². The highest BCUT2D eigenvalue weighted by atomic mass is 32.2. The van der Waals surface area contributed by atoms with Crippen molar-refractivity contribution in [2.75, 3.05) is 20.4 Å². The zero-order valence-electron chi connectivity index (χ0n) is 19.0. The predicted molar refractivity (Wildman–Crippen MR) is 127 cm³/mol. The van der Waals surface area contributed by atoms with Gasteiger partial charge in [-0.15, -0.1) is 0 Å². The molecule has 0 spiro atoms. The number of fused-ring (bicyclic) bond motifs is 1. The Morgan fingerprint density at radius 1 is 1.03 bits per heavy atom. The van der Waals surface area contributed by atoms with Crippen LogP contribution in [0.4, 0.5) is 0 Å². The van der Waals surface area contributed by atoms with Crippen molar-refractivity contribution in [3.05, 3.63) is 82.9 Å². The van der Waals surface area contributed by atoms with Gasteiger partial charge in [-0.3, -0.25) is 4.79 Å². The van der Waals surface area contributed by atoms with E-state index in [0.29, 0.717) is 24.5 Å². The van der Waals surface area contributed by atoms with Gasteiger partial charge in [-0.2, -0.15) is 0 Å². The molecular weight excluding hydrogens is 456 g/mol. The highest BCUT2D eigenvalue weighted by Crippen LogP contribution is 2.32. The third-order valence-corrected chi connectivity index (χ3v) is 6.82. The van der Waals surface area contributed by atoms with E-state index in [9.17, 15) is 13.2 Å². The maximum Gasteiger partial charge on any atom is 0.251 e. The number of carbonyl (C=O) groups excluding carboxylic acids is 1. The average molecular weight is 483 g/mol. The van der Waals surface area contributed by atoms with Gasteiger partial charge in [0.1, 0.15) is 5.75 Å². The zero-order chi connectivity index (χ0) is 24.1. The fraction of sp³-hybridized carbons (Fsp3) is 0.240. The minimum absolute atomic E-state index is 0.0150. The molecule has 0 radical (unpaired) electrons. The van der Waals surface area contributed by atoms with E-state index in [1.165, 1.54) is 12.1 Å². The van der Waals surface area contributed by atoms with Crippen LogP contribution in [0.2, 0.25) is 0 Å². The van der Waals surface area contributed by atoms with Gasteiger partial charge in [-0.25, -0.2) is 13.1 Å². The average Bonchev–Trinajstić information content (AvgIpc) is 3.31. The molecule has 8 nitrogen and oxygen atoms in total. The number of sulfonamides is 1. The Morgan fingerprint density at radius 2 is 1.85 bits per heavy atom. The lowest BCUT2D eigenvalue weighted by Gasteiger charge is -2.11. The summed E-state index contributed by atoms with van der Waals surface area (Å²) in [5.41, 5.74) is 3.09. The molecule has 3 aromatic rings. The summed E-state index contributed by atoms with van der Waals surface area (Å²) in [6.45, 7) is 2.61. The minimum atomic E-state index is -3.82. The molecule has 1 amide bonds. The van der Waals surface area contributed by atoms with Gasteiger partial charge in [0.05, 0.1) is 12.0 Å². The molecule has 0 saturated carbocycles. The van der Waals surface area contributed by atoms with E-state index in [0.717, 1.165) is 22.4 Å².